The number of hydrogen-bond donors (Lipinski definition) is 0. The van der Waals surface area contributed by atoms with E-state index in [9.17, 15) is 4.79 Å². The highest BCUT2D eigenvalue weighted by Crippen LogP contribution is 2.43. The number of hydrogen-bond acceptors (Lipinski definition) is 5. The van der Waals surface area contributed by atoms with Gasteiger partial charge in [0.15, 0.2) is 0 Å². The van der Waals surface area contributed by atoms with Crippen molar-refractivity contribution in [3.05, 3.63) is 17.5 Å². The summed E-state index contributed by atoms with van der Waals surface area (Å²) in [6, 6.07) is 2.51. The van der Waals surface area contributed by atoms with Gasteiger partial charge in [-0.1, -0.05) is 5.16 Å². The molecule has 1 amide bonds. The lowest BCUT2D eigenvalue weighted by atomic mass is 9.77. The molecule has 3 aliphatic heterocycles. The van der Waals surface area contributed by atoms with E-state index in [1.54, 1.807) is 0 Å². The molecule has 6 heteroatoms. The maximum Gasteiger partial charge on any atom is 0.230 e. The topological polar surface area (TPSA) is 58.8 Å². The normalized spacial score (nSPS) is 31.2. The lowest BCUT2D eigenvalue weighted by Crippen LogP contribution is -2.54. The average molecular weight is 359 g/mol. The predicted molar refractivity (Wildman–Crippen MR) is 95.6 cm³/mol. The van der Waals surface area contributed by atoms with Gasteiger partial charge in [0.05, 0.1) is 11.1 Å². The summed E-state index contributed by atoms with van der Waals surface area (Å²) >= 11 is 0. The molecule has 1 saturated carbocycles. The lowest BCUT2D eigenvalue weighted by molar-refractivity contribution is -0.150. The first-order valence-electron chi connectivity index (χ1n) is 10.3. The van der Waals surface area contributed by atoms with Crippen molar-refractivity contribution in [2.75, 3.05) is 32.8 Å². The van der Waals surface area contributed by atoms with Crippen LogP contribution in [0.1, 0.15) is 62.3 Å². The van der Waals surface area contributed by atoms with E-state index in [2.05, 4.69) is 21.0 Å². The van der Waals surface area contributed by atoms with Gasteiger partial charge in [-0.05, 0) is 51.5 Å². The number of ether oxygens (including phenoxy) is 1. The van der Waals surface area contributed by atoms with E-state index in [4.69, 9.17) is 9.26 Å². The van der Waals surface area contributed by atoms with Crippen LogP contribution in [0.3, 0.4) is 0 Å². The average Bonchev–Trinajstić information content (AvgIpc) is 3.29. The van der Waals surface area contributed by atoms with Crippen molar-refractivity contribution in [3.63, 3.8) is 0 Å². The summed E-state index contributed by atoms with van der Waals surface area (Å²) in [6.45, 7) is 5.18. The van der Waals surface area contributed by atoms with Gasteiger partial charge in [0, 0.05) is 50.9 Å². The van der Waals surface area contributed by atoms with Crippen LogP contribution in [-0.2, 0) is 16.1 Å². The second kappa shape index (κ2) is 6.64. The van der Waals surface area contributed by atoms with Gasteiger partial charge in [-0.3, -0.25) is 9.69 Å². The zero-order valence-electron chi connectivity index (χ0n) is 15.5. The third-order valence-electron chi connectivity index (χ3n) is 6.78. The van der Waals surface area contributed by atoms with Crippen LogP contribution in [0.4, 0.5) is 0 Å². The minimum absolute atomic E-state index is 0.167. The van der Waals surface area contributed by atoms with Crippen molar-refractivity contribution < 1.29 is 14.1 Å². The number of aromatic nitrogens is 1. The molecule has 0 aromatic carbocycles. The third-order valence-corrected chi connectivity index (χ3v) is 6.78. The van der Waals surface area contributed by atoms with Gasteiger partial charge in [-0.25, -0.2) is 0 Å². The second-order valence-corrected chi connectivity index (χ2v) is 8.68. The number of carbonyl (C=O) groups is 1. The molecule has 1 spiro atoms. The quantitative estimate of drug-likeness (QED) is 0.827. The smallest absolute Gasteiger partial charge is 0.230 e. The van der Waals surface area contributed by atoms with Gasteiger partial charge in [-0.15, -0.1) is 0 Å². The molecule has 1 aromatic heterocycles. The molecule has 0 bridgehead atoms. The van der Waals surface area contributed by atoms with E-state index in [1.807, 2.05) is 0 Å². The number of likely N-dealkylation sites (tertiary alicyclic amines) is 2. The number of piperidine rings is 1. The van der Waals surface area contributed by atoms with Gasteiger partial charge in [0.2, 0.25) is 5.91 Å². The molecular weight excluding hydrogens is 330 g/mol. The fourth-order valence-electron chi connectivity index (χ4n) is 5.11. The van der Waals surface area contributed by atoms with Gasteiger partial charge in [0.1, 0.15) is 5.76 Å². The molecular formula is C20H29N3O3. The van der Waals surface area contributed by atoms with Crippen LogP contribution >= 0.6 is 0 Å². The van der Waals surface area contributed by atoms with E-state index in [0.717, 1.165) is 83.0 Å². The second-order valence-electron chi connectivity index (χ2n) is 8.68. The third kappa shape index (κ3) is 3.07. The monoisotopic (exact) mass is 359 g/mol. The lowest BCUT2D eigenvalue weighted by Gasteiger charge is -2.44. The Hall–Kier alpha value is -1.40. The van der Waals surface area contributed by atoms with E-state index in [1.165, 1.54) is 12.8 Å². The van der Waals surface area contributed by atoms with Crippen LogP contribution in [0.15, 0.2) is 10.6 Å². The zero-order chi connectivity index (χ0) is 17.6. The molecule has 1 atom stereocenters. The predicted octanol–water partition coefficient (Wildman–Crippen LogP) is 2.55. The van der Waals surface area contributed by atoms with Crippen molar-refractivity contribution in [1.29, 1.82) is 0 Å². The van der Waals surface area contributed by atoms with Crippen LogP contribution < -0.4 is 0 Å². The number of rotatable bonds is 4. The van der Waals surface area contributed by atoms with Crippen LogP contribution in [0.25, 0.3) is 0 Å². The van der Waals surface area contributed by atoms with Crippen LogP contribution in [0.5, 0.6) is 0 Å². The first-order chi connectivity index (χ1) is 12.7. The van der Waals surface area contributed by atoms with Gasteiger partial charge < -0.3 is 14.2 Å². The van der Waals surface area contributed by atoms with Crippen molar-refractivity contribution >= 4 is 5.91 Å². The van der Waals surface area contributed by atoms with Crippen molar-refractivity contribution in [3.8, 4) is 0 Å². The molecule has 142 valence electrons. The minimum atomic E-state index is -0.167. The van der Waals surface area contributed by atoms with Crippen molar-refractivity contribution in [1.82, 2.24) is 15.0 Å². The number of nitrogens with zero attached hydrogens (tertiary/aromatic N) is 3. The number of amides is 1. The molecule has 1 aromatic rings. The summed E-state index contributed by atoms with van der Waals surface area (Å²) in [4.78, 5) is 18.0. The highest BCUT2D eigenvalue weighted by Gasteiger charge is 2.49. The summed E-state index contributed by atoms with van der Waals surface area (Å²) in [7, 11) is 0. The largest absolute Gasteiger partial charge is 0.381 e. The summed E-state index contributed by atoms with van der Waals surface area (Å²) in [5, 5.41) is 4.26. The Morgan fingerprint density at radius 2 is 2.00 bits per heavy atom. The van der Waals surface area contributed by atoms with Crippen molar-refractivity contribution in [2.24, 2.45) is 5.41 Å². The SMILES string of the molecule is O=C1N(C2CCOCC2)CCC[C@]12CCN(Cc1cc(C3CC3)on1)C2. The Kier molecular flexibility index (Phi) is 4.28. The Balaban J connectivity index is 1.24. The van der Waals surface area contributed by atoms with Crippen LogP contribution in [-0.4, -0.2) is 59.8 Å². The van der Waals surface area contributed by atoms with E-state index >= 15 is 0 Å². The summed E-state index contributed by atoms with van der Waals surface area (Å²) in [6.07, 6.45) is 7.61. The molecule has 26 heavy (non-hydrogen) atoms. The summed E-state index contributed by atoms with van der Waals surface area (Å²) in [5.74, 6) is 2.06. The highest BCUT2D eigenvalue weighted by molar-refractivity contribution is 5.84. The Morgan fingerprint density at radius 3 is 2.81 bits per heavy atom. The Labute approximate surface area is 154 Å². The molecule has 5 rings (SSSR count). The Morgan fingerprint density at radius 1 is 1.15 bits per heavy atom. The van der Waals surface area contributed by atoms with Crippen LogP contribution in [0.2, 0.25) is 0 Å². The molecule has 4 aliphatic rings. The highest BCUT2D eigenvalue weighted by atomic mass is 16.5. The summed E-state index contributed by atoms with van der Waals surface area (Å²) in [5.41, 5.74) is 0.855. The van der Waals surface area contributed by atoms with Gasteiger partial charge in [0.25, 0.3) is 0 Å². The maximum absolute atomic E-state index is 13.4. The fourth-order valence-corrected chi connectivity index (χ4v) is 5.11. The molecule has 0 unspecified atom stereocenters. The standard InChI is InChI=1S/C20H29N3O3/c24-19-20(6-1-8-23(19)17-4-10-25-11-5-17)7-9-22(14-20)13-16-12-18(26-21-16)15-2-3-15/h12,15,17H,1-11,13-14H2/t20-/m1/s1. The zero-order valence-corrected chi connectivity index (χ0v) is 15.5. The first-order valence-corrected chi connectivity index (χ1v) is 10.3. The first kappa shape index (κ1) is 16.8. The number of carbonyl (C=O) groups excluding carboxylic acids is 1. The Bertz CT molecular complexity index is 665. The molecule has 3 saturated heterocycles. The summed E-state index contributed by atoms with van der Waals surface area (Å²) < 4.78 is 11.0. The molecule has 0 radical (unpaired) electrons. The van der Waals surface area contributed by atoms with E-state index < -0.39 is 0 Å². The fraction of sp³-hybridized carbons (Fsp3) is 0.800. The molecule has 1 aliphatic carbocycles. The van der Waals surface area contributed by atoms with Gasteiger partial charge >= 0.3 is 0 Å². The van der Waals surface area contributed by atoms with E-state index in [0.29, 0.717) is 17.9 Å². The molecule has 4 heterocycles. The minimum Gasteiger partial charge on any atom is -0.381 e. The maximum atomic E-state index is 13.4. The molecule has 6 nitrogen and oxygen atoms in total. The van der Waals surface area contributed by atoms with Gasteiger partial charge in [-0.2, -0.15) is 0 Å². The van der Waals surface area contributed by atoms with Crippen LogP contribution in [0, 0.1) is 5.41 Å². The molecule has 0 N–H and O–H groups in total. The van der Waals surface area contributed by atoms with E-state index in [-0.39, 0.29) is 5.41 Å². The van der Waals surface area contributed by atoms with Crippen molar-refractivity contribution in [2.45, 2.75) is 63.5 Å². The molecule has 4 fully saturated rings.